The van der Waals surface area contributed by atoms with E-state index in [2.05, 4.69) is 0 Å². The Balaban J connectivity index is 3.34. The number of carboxylic acid groups (broad SMARTS) is 1. The topological polar surface area (TPSA) is 87.1 Å². The Morgan fingerprint density at radius 2 is 2.12 bits per heavy atom. The minimum absolute atomic E-state index is 0.284. The second-order valence-electron chi connectivity index (χ2n) is 3.09. The molecule has 1 atom stereocenters. The van der Waals surface area contributed by atoms with Crippen LogP contribution in [0.4, 0.5) is 8.78 Å². The minimum atomic E-state index is -1.32. The van der Waals surface area contributed by atoms with Crippen LogP contribution in [0.15, 0.2) is 12.1 Å². The molecule has 0 radical (unpaired) electrons. The van der Waals surface area contributed by atoms with Gasteiger partial charge in [0.05, 0.1) is 11.5 Å². The maximum Gasteiger partial charge on any atom is 0.312 e. The van der Waals surface area contributed by atoms with E-state index in [1.54, 1.807) is 0 Å². The second kappa shape index (κ2) is 4.68. The Hall–Kier alpha value is -2.00. The molecule has 3 N–H and O–H groups in total. The molecular weight excluding hydrogens is 218 g/mol. The average Bonchev–Trinajstić information content (AvgIpc) is 2.21. The van der Waals surface area contributed by atoms with E-state index in [-0.39, 0.29) is 12.1 Å². The first-order valence-corrected chi connectivity index (χ1v) is 4.33. The van der Waals surface area contributed by atoms with Gasteiger partial charge in [-0.1, -0.05) is 0 Å². The normalized spacial score (nSPS) is 11.9. The summed E-state index contributed by atoms with van der Waals surface area (Å²) < 4.78 is 26.3. The monoisotopic (exact) mass is 226 g/mol. The molecule has 0 heterocycles. The number of carboxylic acids is 1. The van der Waals surface area contributed by atoms with Crippen molar-refractivity contribution in [1.82, 2.24) is 0 Å². The lowest BCUT2D eigenvalue weighted by Gasteiger charge is -2.11. The number of nitrogens with two attached hydrogens (primary N) is 1. The predicted octanol–water partition coefficient (Wildman–Crippen LogP) is 0.963. The zero-order valence-corrected chi connectivity index (χ0v) is 8.08. The molecule has 1 unspecified atom stereocenters. The van der Waals surface area contributed by atoms with Crippen LogP contribution in [-0.4, -0.2) is 17.6 Å². The van der Waals surface area contributed by atoms with Crippen LogP contribution >= 0.6 is 0 Å². The first-order chi connectivity index (χ1) is 7.51. The molecule has 0 fully saturated rings. The summed E-state index contributed by atoms with van der Waals surface area (Å²) in [6.45, 7) is -0.331. The fourth-order valence-corrected chi connectivity index (χ4v) is 1.28. The van der Waals surface area contributed by atoms with Crippen LogP contribution in [0.1, 0.15) is 17.0 Å². The Labute approximate surface area is 89.9 Å². The SMILES string of the molecule is N#Cc1cc(C(CN)C(=O)O)c(F)cc1F. The molecule has 0 aliphatic carbocycles. The van der Waals surface area contributed by atoms with Gasteiger partial charge in [0.2, 0.25) is 0 Å². The Morgan fingerprint density at radius 1 is 1.50 bits per heavy atom. The van der Waals surface area contributed by atoms with Crippen LogP contribution in [0.5, 0.6) is 0 Å². The van der Waals surface area contributed by atoms with Crippen LogP contribution in [0, 0.1) is 23.0 Å². The molecule has 0 aliphatic rings. The molecule has 84 valence electrons. The number of hydrogen-bond acceptors (Lipinski definition) is 3. The maximum atomic E-state index is 13.3. The molecule has 0 saturated heterocycles. The van der Waals surface area contributed by atoms with Gasteiger partial charge in [0.15, 0.2) is 0 Å². The predicted molar refractivity (Wildman–Crippen MR) is 50.5 cm³/mol. The Morgan fingerprint density at radius 3 is 2.56 bits per heavy atom. The third kappa shape index (κ3) is 2.15. The number of rotatable bonds is 3. The molecule has 1 aromatic rings. The Bertz CT molecular complexity index is 469. The lowest BCUT2D eigenvalue weighted by molar-refractivity contribution is -0.138. The molecule has 0 saturated carbocycles. The minimum Gasteiger partial charge on any atom is -0.481 e. The van der Waals surface area contributed by atoms with Crippen molar-refractivity contribution in [1.29, 1.82) is 5.26 Å². The quantitative estimate of drug-likeness (QED) is 0.803. The van der Waals surface area contributed by atoms with Gasteiger partial charge in [-0.3, -0.25) is 4.79 Å². The molecule has 0 aliphatic heterocycles. The van der Waals surface area contributed by atoms with Crippen molar-refractivity contribution in [3.8, 4) is 6.07 Å². The molecular formula is C10H8F2N2O2. The maximum absolute atomic E-state index is 13.3. The third-order valence-corrected chi connectivity index (χ3v) is 2.12. The number of nitrogens with zero attached hydrogens (tertiary/aromatic N) is 1. The van der Waals surface area contributed by atoms with Crippen molar-refractivity contribution in [3.63, 3.8) is 0 Å². The summed E-state index contributed by atoms with van der Waals surface area (Å²) in [5.41, 5.74) is 4.49. The largest absolute Gasteiger partial charge is 0.481 e. The Kier molecular flexibility index (Phi) is 3.53. The summed E-state index contributed by atoms with van der Waals surface area (Å²) >= 11 is 0. The highest BCUT2D eigenvalue weighted by Crippen LogP contribution is 2.22. The molecule has 16 heavy (non-hydrogen) atoms. The van der Waals surface area contributed by atoms with Crippen molar-refractivity contribution in [2.75, 3.05) is 6.54 Å². The van der Waals surface area contributed by atoms with Gasteiger partial charge in [0.25, 0.3) is 0 Å². The molecule has 0 bridgehead atoms. The molecule has 4 nitrogen and oxygen atoms in total. The highest BCUT2D eigenvalue weighted by molar-refractivity contribution is 5.76. The molecule has 0 spiro atoms. The summed E-state index contributed by atoms with van der Waals surface area (Å²) in [6, 6.07) is 2.86. The average molecular weight is 226 g/mol. The highest BCUT2D eigenvalue weighted by atomic mass is 19.1. The summed E-state index contributed by atoms with van der Waals surface area (Å²) in [6.07, 6.45) is 0. The van der Waals surface area contributed by atoms with Gasteiger partial charge >= 0.3 is 5.97 Å². The van der Waals surface area contributed by atoms with Crippen molar-refractivity contribution in [2.24, 2.45) is 5.73 Å². The smallest absolute Gasteiger partial charge is 0.312 e. The van der Waals surface area contributed by atoms with Crippen LogP contribution < -0.4 is 5.73 Å². The lowest BCUT2D eigenvalue weighted by atomic mass is 9.97. The number of hydrogen-bond donors (Lipinski definition) is 2. The number of aliphatic carboxylic acids is 1. The van der Waals surface area contributed by atoms with Gasteiger partial charge in [0, 0.05) is 18.2 Å². The zero-order chi connectivity index (χ0) is 12.3. The van der Waals surface area contributed by atoms with Crippen LogP contribution in [0.2, 0.25) is 0 Å². The number of halogens is 2. The summed E-state index contributed by atoms with van der Waals surface area (Å²) in [5, 5.41) is 17.3. The summed E-state index contributed by atoms with van der Waals surface area (Å²) in [7, 11) is 0. The second-order valence-corrected chi connectivity index (χ2v) is 3.09. The highest BCUT2D eigenvalue weighted by Gasteiger charge is 2.23. The van der Waals surface area contributed by atoms with Crippen molar-refractivity contribution < 1.29 is 18.7 Å². The van der Waals surface area contributed by atoms with Gasteiger partial charge in [-0.15, -0.1) is 0 Å². The first kappa shape index (κ1) is 12.1. The van der Waals surface area contributed by atoms with E-state index in [4.69, 9.17) is 16.1 Å². The van der Waals surface area contributed by atoms with E-state index in [0.29, 0.717) is 6.07 Å². The molecule has 1 rings (SSSR count). The summed E-state index contributed by atoms with van der Waals surface area (Å²) in [5.74, 6) is -4.65. The van der Waals surface area contributed by atoms with E-state index >= 15 is 0 Å². The standard InChI is InChI=1S/C10H8F2N2O2/c11-8-2-9(12)6(1-5(8)3-13)7(4-14)10(15)16/h1-2,7H,4,14H2,(H,15,16). The van der Waals surface area contributed by atoms with Gasteiger partial charge in [0.1, 0.15) is 17.7 Å². The van der Waals surface area contributed by atoms with Crippen molar-refractivity contribution >= 4 is 5.97 Å². The van der Waals surface area contributed by atoms with Crippen molar-refractivity contribution in [3.05, 3.63) is 34.9 Å². The molecule has 6 heteroatoms. The van der Waals surface area contributed by atoms with E-state index < -0.39 is 29.1 Å². The van der Waals surface area contributed by atoms with Crippen LogP contribution in [0.25, 0.3) is 0 Å². The molecule has 0 amide bonds. The van der Waals surface area contributed by atoms with Gasteiger partial charge in [-0.2, -0.15) is 5.26 Å². The number of benzene rings is 1. The van der Waals surface area contributed by atoms with E-state index in [1.165, 1.54) is 6.07 Å². The fraction of sp³-hybridized carbons (Fsp3) is 0.200. The van der Waals surface area contributed by atoms with Crippen LogP contribution in [-0.2, 0) is 4.79 Å². The van der Waals surface area contributed by atoms with Crippen LogP contribution in [0.3, 0.4) is 0 Å². The van der Waals surface area contributed by atoms with E-state index in [9.17, 15) is 13.6 Å². The van der Waals surface area contributed by atoms with Gasteiger partial charge in [-0.25, -0.2) is 8.78 Å². The number of nitriles is 1. The zero-order valence-electron chi connectivity index (χ0n) is 8.08. The molecule has 0 aromatic heterocycles. The van der Waals surface area contributed by atoms with Gasteiger partial charge < -0.3 is 10.8 Å². The number of carbonyl (C=O) groups is 1. The van der Waals surface area contributed by atoms with E-state index in [1.807, 2.05) is 0 Å². The first-order valence-electron chi connectivity index (χ1n) is 4.33. The van der Waals surface area contributed by atoms with Crippen molar-refractivity contribution in [2.45, 2.75) is 5.92 Å². The van der Waals surface area contributed by atoms with E-state index in [0.717, 1.165) is 6.07 Å². The lowest BCUT2D eigenvalue weighted by Crippen LogP contribution is -2.22. The molecule has 1 aromatic carbocycles. The summed E-state index contributed by atoms with van der Waals surface area (Å²) in [4.78, 5) is 10.7. The van der Waals surface area contributed by atoms with Gasteiger partial charge in [-0.05, 0) is 6.07 Å². The third-order valence-electron chi connectivity index (χ3n) is 2.12. The fourth-order valence-electron chi connectivity index (χ4n) is 1.28.